The molecule has 1 saturated carbocycles. The SMILES string of the molecule is O=C(COc1ccc2c(c1)CCC(=O)N2)Nc1ccc(S(=O)(=O)C2CCCC2)cc1. The molecule has 30 heavy (non-hydrogen) atoms. The minimum atomic E-state index is -3.30. The second-order valence-electron chi connectivity index (χ2n) is 7.68. The van der Waals surface area contributed by atoms with Crippen LogP contribution in [0.15, 0.2) is 47.4 Å². The van der Waals surface area contributed by atoms with E-state index in [1.165, 1.54) is 0 Å². The normalized spacial score (nSPS) is 16.6. The molecule has 4 rings (SSSR count). The molecule has 1 aliphatic carbocycles. The summed E-state index contributed by atoms with van der Waals surface area (Å²) in [7, 11) is -3.30. The minimum absolute atomic E-state index is 0.00222. The molecule has 1 heterocycles. The number of anilines is 2. The number of amides is 2. The summed E-state index contributed by atoms with van der Waals surface area (Å²) in [5.41, 5.74) is 2.27. The molecule has 7 nitrogen and oxygen atoms in total. The van der Waals surface area contributed by atoms with Crippen LogP contribution in [0.25, 0.3) is 0 Å². The topological polar surface area (TPSA) is 102 Å². The van der Waals surface area contributed by atoms with Crippen molar-refractivity contribution in [2.45, 2.75) is 48.7 Å². The number of fused-ring (bicyclic) bond motifs is 1. The highest BCUT2D eigenvalue weighted by Gasteiger charge is 2.30. The van der Waals surface area contributed by atoms with Gasteiger partial charge in [-0.2, -0.15) is 0 Å². The summed E-state index contributed by atoms with van der Waals surface area (Å²) in [4.78, 5) is 23.9. The summed E-state index contributed by atoms with van der Waals surface area (Å²) < 4.78 is 30.8. The van der Waals surface area contributed by atoms with Crippen molar-refractivity contribution in [3.63, 3.8) is 0 Å². The molecule has 0 unspecified atom stereocenters. The maximum absolute atomic E-state index is 12.6. The molecule has 0 aromatic heterocycles. The Morgan fingerprint density at radius 1 is 1.07 bits per heavy atom. The Bertz CT molecular complexity index is 1060. The van der Waals surface area contributed by atoms with Crippen LogP contribution in [0.5, 0.6) is 5.75 Å². The van der Waals surface area contributed by atoms with Gasteiger partial charge in [0, 0.05) is 17.8 Å². The monoisotopic (exact) mass is 428 g/mol. The van der Waals surface area contributed by atoms with Gasteiger partial charge in [0.15, 0.2) is 16.4 Å². The maximum atomic E-state index is 12.6. The lowest BCUT2D eigenvalue weighted by molar-refractivity contribution is -0.118. The van der Waals surface area contributed by atoms with Gasteiger partial charge in [0.05, 0.1) is 10.1 Å². The summed E-state index contributed by atoms with van der Waals surface area (Å²) in [5, 5.41) is 5.22. The number of benzene rings is 2. The van der Waals surface area contributed by atoms with Crippen LogP contribution in [-0.2, 0) is 25.8 Å². The third kappa shape index (κ3) is 4.48. The van der Waals surface area contributed by atoms with Crippen molar-refractivity contribution >= 4 is 33.0 Å². The molecule has 2 aromatic carbocycles. The number of hydrogen-bond acceptors (Lipinski definition) is 5. The van der Waals surface area contributed by atoms with Gasteiger partial charge < -0.3 is 15.4 Å². The number of carbonyl (C=O) groups excluding carboxylic acids is 2. The average molecular weight is 429 g/mol. The zero-order chi connectivity index (χ0) is 21.1. The highest BCUT2D eigenvalue weighted by Crippen LogP contribution is 2.30. The van der Waals surface area contributed by atoms with E-state index in [0.717, 1.165) is 24.1 Å². The molecule has 0 saturated heterocycles. The molecule has 2 N–H and O–H groups in total. The number of carbonyl (C=O) groups is 2. The van der Waals surface area contributed by atoms with Gasteiger partial charge in [-0.05, 0) is 67.3 Å². The Morgan fingerprint density at radius 2 is 1.80 bits per heavy atom. The fourth-order valence-electron chi connectivity index (χ4n) is 3.91. The minimum Gasteiger partial charge on any atom is -0.484 e. The lowest BCUT2D eigenvalue weighted by atomic mass is 10.0. The van der Waals surface area contributed by atoms with Gasteiger partial charge in [-0.15, -0.1) is 0 Å². The second kappa shape index (κ2) is 8.47. The highest BCUT2D eigenvalue weighted by molar-refractivity contribution is 7.92. The van der Waals surface area contributed by atoms with Crippen molar-refractivity contribution in [1.29, 1.82) is 0 Å². The molecular formula is C22H24N2O5S. The van der Waals surface area contributed by atoms with E-state index in [4.69, 9.17) is 4.74 Å². The van der Waals surface area contributed by atoms with E-state index in [9.17, 15) is 18.0 Å². The Labute approximate surface area is 175 Å². The van der Waals surface area contributed by atoms with E-state index in [2.05, 4.69) is 10.6 Å². The Kier molecular flexibility index (Phi) is 5.76. The smallest absolute Gasteiger partial charge is 0.262 e. The van der Waals surface area contributed by atoms with Gasteiger partial charge in [-0.3, -0.25) is 9.59 Å². The molecule has 158 valence electrons. The van der Waals surface area contributed by atoms with Crippen LogP contribution in [0.2, 0.25) is 0 Å². The predicted molar refractivity (Wildman–Crippen MR) is 113 cm³/mol. The summed E-state index contributed by atoms with van der Waals surface area (Å²) in [6.45, 7) is -0.173. The first-order chi connectivity index (χ1) is 14.4. The first-order valence-electron chi connectivity index (χ1n) is 10.1. The number of rotatable bonds is 6. The lowest BCUT2D eigenvalue weighted by Crippen LogP contribution is -2.21. The van der Waals surface area contributed by atoms with Crippen molar-refractivity contribution < 1.29 is 22.7 Å². The average Bonchev–Trinajstić information content (AvgIpc) is 3.28. The number of nitrogens with one attached hydrogen (secondary N) is 2. The molecule has 2 aromatic rings. The molecule has 0 radical (unpaired) electrons. The third-order valence-electron chi connectivity index (χ3n) is 5.55. The van der Waals surface area contributed by atoms with Crippen molar-refractivity contribution in [2.75, 3.05) is 17.2 Å². The van der Waals surface area contributed by atoms with Crippen LogP contribution in [0.4, 0.5) is 11.4 Å². The Morgan fingerprint density at radius 3 is 2.53 bits per heavy atom. The quantitative estimate of drug-likeness (QED) is 0.735. The molecule has 1 aliphatic heterocycles. The molecular weight excluding hydrogens is 404 g/mol. The predicted octanol–water partition coefficient (Wildman–Crippen LogP) is 3.31. The molecule has 8 heteroatoms. The van der Waals surface area contributed by atoms with Gasteiger partial charge in [0.1, 0.15) is 5.75 Å². The first-order valence-corrected chi connectivity index (χ1v) is 11.7. The van der Waals surface area contributed by atoms with Crippen molar-refractivity contribution in [3.05, 3.63) is 48.0 Å². The maximum Gasteiger partial charge on any atom is 0.262 e. The van der Waals surface area contributed by atoms with E-state index in [-0.39, 0.29) is 23.7 Å². The molecule has 0 spiro atoms. The summed E-state index contributed by atoms with van der Waals surface area (Å²) >= 11 is 0. The van der Waals surface area contributed by atoms with Gasteiger partial charge in [0.25, 0.3) is 5.91 Å². The standard InChI is InChI=1S/C22H24N2O5S/c25-21-12-5-15-13-17(8-11-20(15)24-21)29-14-22(26)23-16-6-9-19(10-7-16)30(27,28)18-3-1-2-4-18/h6-11,13,18H,1-5,12,14H2,(H,23,26)(H,24,25). The van der Waals surface area contributed by atoms with E-state index in [1.807, 2.05) is 6.07 Å². The van der Waals surface area contributed by atoms with E-state index in [1.54, 1.807) is 36.4 Å². The van der Waals surface area contributed by atoms with E-state index >= 15 is 0 Å². The lowest BCUT2D eigenvalue weighted by Gasteiger charge is -2.17. The first kappa shape index (κ1) is 20.4. The number of aryl methyl sites for hydroxylation is 1. The number of ether oxygens (including phenoxy) is 1. The zero-order valence-electron chi connectivity index (χ0n) is 16.5. The molecule has 2 amide bonds. The van der Waals surface area contributed by atoms with Crippen LogP contribution >= 0.6 is 0 Å². The van der Waals surface area contributed by atoms with Gasteiger partial charge >= 0.3 is 0 Å². The molecule has 0 bridgehead atoms. The van der Waals surface area contributed by atoms with Gasteiger partial charge in [-0.1, -0.05) is 12.8 Å². The largest absolute Gasteiger partial charge is 0.484 e. The Hall–Kier alpha value is -2.87. The molecule has 0 atom stereocenters. The van der Waals surface area contributed by atoms with Crippen molar-refractivity contribution in [1.82, 2.24) is 0 Å². The zero-order valence-corrected chi connectivity index (χ0v) is 17.3. The molecule has 1 fully saturated rings. The van der Waals surface area contributed by atoms with Crippen LogP contribution < -0.4 is 15.4 Å². The van der Waals surface area contributed by atoms with Crippen molar-refractivity contribution in [3.8, 4) is 5.75 Å². The van der Waals surface area contributed by atoms with Crippen LogP contribution in [0.1, 0.15) is 37.7 Å². The summed E-state index contributed by atoms with van der Waals surface area (Å²) in [5.74, 6) is 0.211. The summed E-state index contributed by atoms with van der Waals surface area (Å²) in [6.07, 6.45) is 4.41. The number of hydrogen-bond donors (Lipinski definition) is 2. The van der Waals surface area contributed by atoms with Gasteiger partial charge in [-0.25, -0.2) is 8.42 Å². The molecule has 2 aliphatic rings. The van der Waals surface area contributed by atoms with Crippen LogP contribution in [-0.4, -0.2) is 32.1 Å². The van der Waals surface area contributed by atoms with E-state index in [0.29, 0.717) is 42.0 Å². The third-order valence-corrected chi connectivity index (χ3v) is 7.83. The fraction of sp³-hybridized carbons (Fsp3) is 0.364. The van der Waals surface area contributed by atoms with Gasteiger partial charge in [0.2, 0.25) is 5.91 Å². The Balaban J connectivity index is 1.33. The number of sulfone groups is 1. The highest BCUT2D eigenvalue weighted by atomic mass is 32.2. The second-order valence-corrected chi connectivity index (χ2v) is 9.91. The fourth-order valence-corrected chi connectivity index (χ4v) is 5.77. The van der Waals surface area contributed by atoms with Crippen LogP contribution in [0.3, 0.4) is 0 Å². The van der Waals surface area contributed by atoms with Crippen molar-refractivity contribution in [2.24, 2.45) is 0 Å². The van der Waals surface area contributed by atoms with E-state index < -0.39 is 9.84 Å². The van der Waals surface area contributed by atoms with Crippen LogP contribution in [0, 0.1) is 0 Å². The summed E-state index contributed by atoms with van der Waals surface area (Å²) in [6, 6.07) is 11.6.